The molecule has 16 heavy (non-hydrogen) atoms. The summed E-state index contributed by atoms with van der Waals surface area (Å²) in [6, 6.07) is 1.69. The summed E-state index contributed by atoms with van der Waals surface area (Å²) in [5, 5.41) is 0.324. The number of nitrogens with two attached hydrogens (primary N) is 1. The van der Waals surface area contributed by atoms with Crippen LogP contribution in [0.2, 0.25) is 0 Å². The Bertz CT molecular complexity index is 404. The van der Waals surface area contributed by atoms with Crippen LogP contribution in [0.3, 0.4) is 0 Å². The van der Waals surface area contributed by atoms with Crippen LogP contribution in [0.4, 0.5) is 5.82 Å². The minimum atomic E-state index is -0.212. The number of cyclic esters (lactones) is 1. The van der Waals surface area contributed by atoms with Crippen LogP contribution in [0.25, 0.3) is 0 Å². The van der Waals surface area contributed by atoms with Gasteiger partial charge in [0.2, 0.25) is 0 Å². The predicted molar refractivity (Wildman–Crippen MR) is 61.0 cm³/mol. The summed E-state index contributed by atoms with van der Waals surface area (Å²) in [5.41, 5.74) is 6.42. The topological polar surface area (TPSA) is 78.1 Å². The second-order valence-electron chi connectivity index (χ2n) is 3.81. The minimum Gasteiger partial charge on any atom is -0.462 e. The van der Waals surface area contributed by atoms with Gasteiger partial charge in [0.25, 0.3) is 0 Å². The van der Waals surface area contributed by atoms with Gasteiger partial charge in [0.15, 0.2) is 5.16 Å². The first kappa shape index (κ1) is 11.2. The number of ether oxygens (including phenoxy) is 1. The van der Waals surface area contributed by atoms with Crippen LogP contribution in [0.5, 0.6) is 0 Å². The fraction of sp³-hybridized carbons (Fsp3) is 0.500. The van der Waals surface area contributed by atoms with E-state index in [4.69, 9.17) is 10.5 Å². The second-order valence-corrected chi connectivity index (χ2v) is 4.98. The molecule has 0 aliphatic carbocycles. The fourth-order valence-corrected chi connectivity index (χ4v) is 2.69. The highest BCUT2D eigenvalue weighted by Gasteiger charge is 2.33. The predicted octanol–water partition coefficient (Wildman–Crippen LogP) is 1.16. The quantitative estimate of drug-likeness (QED) is 0.616. The summed E-state index contributed by atoms with van der Waals surface area (Å²) in [6.45, 7) is 3.72. The molecule has 1 fully saturated rings. The molecule has 1 saturated heterocycles. The third-order valence-electron chi connectivity index (χ3n) is 2.23. The lowest BCUT2D eigenvalue weighted by atomic mass is 10.3. The third kappa shape index (κ3) is 2.44. The average Bonchev–Trinajstić information content (AvgIpc) is 2.43. The van der Waals surface area contributed by atoms with Crippen molar-refractivity contribution >= 4 is 23.5 Å². The van der Waals surface area contributed by atoms with Gasteiger partial charge in [0.05, 0.1) is 0 Å². The maximum absolute atomic E-state index is 11.4. The van der Waals surface area contributed by atoms with Crippen LogP contribution in [-0.4, -0.2) is 27.3 Å². The van der Waals surface area contributed by atoms with E-state index in [0.717, 1.165) is 5.69 Å². The van der Waals surface area contributed by atoms with Gasteiger partial charge in [-0.15, -0.1) is 0 Å². The van der Waals surface area contributed by atoms with Crippen LogP contribution in [0.1, 0.15) is 19.0 Å². The van der Waals surface area contributed by atoms with Crippen molar-refractivity contribution in [2.45, 2.75) is 36.8 Å². The zero-order valence-electron chi connectivity index (χ0n) is 9.14. The number of carbonyl (C=O) groups is 1. The Kier molecular flexibility index (Phi) is 3.00. The van der Waals surface area contributed by atoms with E-state index in [-0.39, 0.29) is 17.3 Å². The van der Waals surface area contributed by atoms with E-state index in [1.54, 1.807) is 6.07 Å². The van der Waals surface area contributed by atoms with Gasteiger partial charge in [-0.2, -0.15) is 0 Å². The maximum Gasteiger partial charge on any atom is 0.319 e. The van der Waals surface area contributed by atoms with E-state index in [2.05, 4.69) is 9.97 Å². The van der Waals surface area contributed by atoms with E-state index in [9.17, 15) is 4.79 Å². The van der Waals surface area contributed by atoms with E-state index in [1.165, 1.54) is 11.8 Å². The van der Waals surface area contributed by atoms with Gasteiger partial charge in [-0.1, -0.05) is 11.8 Å². The Morgan fingerprint density at radius 3 is 2.88 bits per heavy atom. The van der Waals surface area contributed by atoms with E-state index in [0.29, 0.717) is 17.4 Å². The Morgan fingerprint density at radius 1 is 1.56 bits per heavy atom. The second kappa shape index (κ2) is 4.29. The molecule has 0 radical (unpaired) electrons. The largest absolute Gasteiger partial charge is 0.462 e. The highest BCUT2D eigenvalue weighted by molar-refractivity contribution is 8.00. The van der Waals surface area contributed by atoms with Crippen molar-refractivity contribution in [2.24, 2.45) is 0 Å². The number of anilines is 1. The summed E-state index contributed by atoms with van der Waals surface area (Å²) in [6.07, 6.45) is 0.674. The standard InChI is InChI=1S/C10H13N3O2S/c1-5-3-8(11)13-10(12-5)16-7-4-6(2)15-9(7)14/h3,6-7H,4H2,1-2H3,(H2,11,12,13)/t6-,7-/m1/s1. The maximum atomic E-state index is 11.4. The van der Waals surface area contributed by atoms with Crippen molar-refractivity contribution in [3.8, 4) is 0 Å². The molecule has 0 unspecified atom stereocenters. The van der Waals surface area contributed by atoms with Crippen LogP contribution >= 0.6 is 11.8 Å². The van der Waals surface area contributed by atoms with Crippen LogP contribution in [0.15, 0.2) is 11.2 Å². The lowest BCUT2D eigenvalue weighted by Crippen LogP contribution is -2.10. The first-order valence-corrected chi connectivity index (χ1v) is 5.91. The minimum absolute atomic E-state index is 0.0212. The molecule has 1 aliphatic rings. The lowest BCUT2D eigenvalue weighted by molar-refractivity contribution is -0.140. The van der Waals surface area contributed by atoms with Crippen LogP contribution in [0, 0.1) is 6.92 Å². The van der Waals surface area contributed by atoms with Gasteiger partial charge in [-0.05, 0) is 13.8 Å². The molecular formula is C10H13N3O2S. The number of esters is 1. The molecule has 2 heterocycles. The molecule has 1 aromatic rings. The number of hydrogen-bond donors (Lipinski definition) is 1. The molecule has 5 nitrogen and oxygen atoms in total. The number of nitrogens with zero attached hydrogens (tertiary/aromatic N) is 2. The van der Waals surface area contributed by atoms with Crippen molar-refractivity contribution in [1.29, 1.82) is 0 Å². The normalized spacial score (nSPS) is 24.5. The average molecular weight is 239 g/mol. The van der Waals surface area contributed by atoms with Gasteiger partial charge in [-0.25, -0.2) is 9.97 Å². The monoisotopic (exact) mass is 239 g/mol. The number of aromatic nitrogens is 2. The summed E-state index contributed by atoms with van der Waals surface area (Å²) >= 11 is 1.31. The zero-order chi connectivity index (χ0) is 11.7. The number of rotatable bonds is 2. The molecule has 0 aromatic carbocycles. The fourth-order valence-electron chi connectivity index (χ4n) is 1.56. The molecule has 1 aromatic heterocycles. The van der Waals surface area contributed by atoms with Crippen LogP contribution < -0.4 is 5.73 Å². The molecule has 1 aliphatic heterocycles. The van der Waals surface area contributed by atoms with Crippen molar-refractivity contribution < 1.29 is 9.53 Å². The molecule has 0 bridgehead atoms. The van der Waals surface area contributed by atoms with Gasteiger partial charge >= 0.3 is 5.97 Å². The number of carbonyl (C=O) groups excluding carboxylic acids is 1. The number of nitrogen functional groups attached to an aromatic ring is 1. The summed E-state index contributed by atoms with van der Waals surface area (Å²) < 4.78 is 5.06. The van der Waals surface area contributed by atoms with E-state index in [1.807, 2.05) is 13.8 Å². The van der Waals surface area contributed by atoms with Gasteiger partial charge in [0.1, 0.15) is 17.2 Å². The molecule has 0 spiro atoms. The molecule has 6 heteroatoms. The summed E-state index contributed by atoms with van der Waals surface area (Å²) in [7, 11) is 0. The molecule has 2 rings (SSSR count). The number of thioether (sulfide) groups is 1. The number of aryl methyl sites for hydroxylation is 1. The Balaban J connectivity index is 2.12. The third-order valence-corrected chi connectivity index (χ3v) is 3.29. The van der Waals surface area contributed by atoms with Gasteiger partial charge in [-0.3, -0.25) is 4.79 Å². The molecule has 0 amide bonds. The molecule has 2 atom stereocenters. The van der Waals surface area contributed by atoms with Gasteiger partial charge in [0, 0.05) is 18.2 Å². The highest BCUT2D eigenvalue weighted by atomic mass is 32.2. The molecule has 86 valence electrons. The van der Waals surface area contributed by atoms with Crippen molar-refractivity contribution in [3.63, 3.8) is 0 Å². The lowest BCUT2D eigenvalue weighted by Gasteiger charge is -2.05. The Labute approximate surface area is 97.8 Å². The van der Waals surface area contributed by atoms with Crippen molar-refractivity contribution in [3.05, 3.63) is 11.8 Å². The smallest absolute Gasteiger partial charge is 0.319 e. The van der Waals surface area contributed by atoms with Crippen molar-refractivity contribution in [2.75, 3.05) is 5.73 Å². The van der Waals surface area contributed by atoms with Gasteiger partial charge < -0.3 is 10.5 Å². The summed E-state index contributed by atoms with van der Waals surface area (Å²) in [5.74, 6) is 0.232. The van der Waals surface area contributed by atoms with Crippen molar-refractivity contribution in [1.82, 2.24) is 9.97 Å². The summed E-state index contributed by atoms with van der Waals surface area (Å²) in [4.78, 5) is 19.7. The highest BCUT2D eigenvalue weighted by Crippen LogP contribution is 2.30. The van der Waals surface area contributed by atoms with Crippen LogP contribution in [-0.2, 0) is 9.53 Å². The molecular weight excluding hydrogens is 226 g/mol. The number of hydrogen-bond acceptors (Lipinski definition) is 6. The molecule has 0 saturated carbocycles. The zero-order valence-corrected chi connectivity index (χ0v) is 9.95. The SMILES string of the molecule is Cc1cc(N)nc(S[C@@H]2C[C@@H](C)OC2=O)n1. The first-order chi connectivity index (χ1) is 7.54. The Hall–Kier alpha value is -1.30. The molecule has 2 N–H and O–H groups in total. The van der Waals surface area contributed by atoms with E-state index < -0.39 is 0 Å². The van der Waals surface area contributed by atoms with E-state index >= 15 is 0 Å². The Morgan fingerprint density at radius 2 is 2.31 bits per heavy atom. The first-order valence-electron chi connectivity index (χ1n) is 5.03.